The fourth-order valence-electron chi connectivity index (χ4n) is 2.17. The molecule has 0 saturated carbocycles. The molecule has 0 saturated heterocycles. The van der Waals surface area contributed by atoms with Gasteiger partial charge in [0.25, 0.3) is 0 Å². The lowest BCUT2D eigenvalue weighted by Crippen LogP contribution is -2.24. The Bertz CT molecular complexity index is 504. The molecule has 2 nitrogen and oxygen atoms in total. The summed E-state index contributed by atoms with van der Waals surface area (Å²) >= 11 is 3.47. The normalized spacial score (nSPS) is 12.6. The van der Waals surface area contributed by atoms with Crippen LogP contribution in [0.5, 0.6) is 0 Å². The summed E-state index contributed by atoms with van der Waals surface area (Å²) in [6.07, 6.45) is 3.84. The summed E-state index contributed by atoms with van der Waals surface area (Å²) in [6.45, 7) is 5.28. The van der Waals surface area contributed by atoms with Crippen LogP contribution in [0.15, 0.2) is 45.5 Å². The second kappa shape index (κ2) is 6.92. The minimum Gasteiger partial charge on any atom is -0.467 e. The fourth-order valence-corrected chi connectivity index (χ4v) is 2.44. The molecule has 2 aromatic rings. The van der Waals surface area contributed by atoms with E-state index in [1.165, 1.54) is 11.1 Å². The smallest absolute Gasteiger partial charge is 0.123 e. The first-order valence-electron chi connectivity index (χ1n) is 6.72. The molecular formula is C16H20BrNO. The summed E-state index contributed by atoms with van der Waals surface area (Å²) in [5, 5.41) is 3.57. The van der Waals surface area contributed by atoms with Crippen molar-refractivity contribution >= 4 is 15.9 Å². The van der Waals surface area contributed by atoms with E-state index in [0.717, 1.165) is 29.6 Å². The van der Waals surface area contributed by atoms with Gasteiger partial charge in [0.1, 0.15) is 5.76 Å². The first kappa shape index (κ1) is 14.4. The van der Waals surface area contributed by atoms with Crippen molar-refractivity contribution in [2.45, 2.75) is 32.7 Å². The van der Waals surface area contributed by atoms with E-state index in [1.807, 2.05) is 6.07 Å². The highest BCUT2D eigenvalue weighted by molar-refractivity contribution is 9.10. The third-order valence-corrected chi connectivity index (χ3v) is 3.74. The van der Waals surface area contributed by atoms with Gasteiger partial charge in [-0.2, -0.15) is 0 Å². The molecule has 0 bridgehead atoms. The van der Waals surface area contributed by atoms with E-state index in [4.69, 9.17) is 4.42 Å². The fraction of sp³-hybridized carbons (Fsp3) is 0.375. The molecule has 1 unspecified atom stereocenters. The molecule has 0 aliphatic carbocycles. The van der Waals surface area contributed by atoms with Crippen molar-refractivity contribution in [3.8, 4) is 0 Å². The van der Waals surface area contributed by atoms with Crippen molar-refractivity contribution in [2.75, 3.05) is 6.54 Å². The van der Waals surface area contributed by atoms with E-state index in [2.05, 4.69) is 59.4 Å². The highest BCUT2D eigenvalue weighted by Gasteiger charge is 2.16. The summed E-state index contributed by atoms with van der Waals surface area (Å²) in [5.74, 6) is 1.05. The second-order valence-electron chi connectivity index (χ2n) is 4.81. The molecule has 0 fully saturated rings. The van der Waals surface area contributed by atoms with Crippen LogP contribution in [0.3, 0.4) is 0 Å². The lowest BCUT2D eigenvalue weighted by molar-refractivity contribution is 0.408. The Kier molecular flexibility index (Phi) is 5.23. The van der Waals surface area contributed by atoms with E-state index in [1.54, 1.807) is 6.26 Å². The predicted octanol–water partition coefficient (Wildman–Crippen LogP) is 4.63. The summed E-state index contributed by atoms with van der Waals surface area (Å²) in [6, 6.07) is 10.8. The van der Waals surface area contributed by atoms with Gasteiger partial charge in [-0.15, -0.1) is 0 Å². The number of hydrogen-bond donors (Lipinski definition) is 1. The Morgan fingerprint density at radius 1 is 1.21 bits per heavy atom. The van der Waals surface area contributed by atoms with Gasteiger partial charge in [0, 0.05) is 4.47 Å². The predicted molar refractivity (Wildman–Crippen MR) is 82.3 cm³/mol. The molecule has 0 aliphatic rings. The monoisotopic (exact) mass is 321 g/mol. The third-order valence-electron chi connectivity index (χ3n) is 3.21. The van der Waals surface area contributed by atoms with Crippen molar-refractivity contribution in [1.82, 2.24) is 5.32 Å². The Morgan fingerprint density at radius 2 is 1.95 bits per heavy atom. The zero-order valence-electron chi connectivity index (χ0n) is 11.4. The number of halogens is 1. The number of furan rings is 1. The highest BCUT2D eigenvalue weighted by Crippen LogP contribution is 2.23. The van der Waals surface area contributed by atoms with Gasteiger partial charge < -0.3 is 9.73 Å². The maximum atomic E-state index is 5.65. The molecule has 102 valence electrons. The van der Waals surface area contributed by atoms with Crippen LogP contribution < -0.4 is 5.32 Å². The number of hydrogen-bond acceptors (Lipinski definition) is 2. The van der Waals surface area contributed by atoms with Crippen LogP contribution in [0.1, 0.15) is 36.3 Å². The van der Waals surface area contributed by atoms with Gasteiger partial charge in [-0.05, 0) is 55.6 Å². The highest BCUT2D eigenvalue weighted by atomic mass is 79.9. The van der Waals surface area contributed by atoms with Crippen molar-refractivity contribution in [3.05, 3.63) is 58.0 Å². The molecule has 1 aromatic heterocycles. The minimum atomic E-state index is 0.246. The third kappa shape index (κ3) is 3.95. The van der Waals surface area contributed by atoms with Gasteiger partial charge in [-0.25, -0.2) is 0 Å². The molecule has 1 aromatic carbocycles. The Balaban J connectivity index is 2.14. The van der Waals surface area contributed by atoms with Gasteiger partial charge in [0.05, 0.1) is 12.3 Å². The largest absolute Gasteiger partial charge is 0.467 e. The van der Waals surface area contributed by atoms with Gasteiger partial charge in [0.15, 0.2) is 0 Å². The number of rotatable bonds is 6. The molecule has 0 spiro atoms. The minimum absolute atomic E-state index is 0.246. The lowest BCUT2D eigenvalue weighted by atomic mass is 10.0. The molecule has 2 rings (SSSR count). The van der Waals surface area contributed by atoms with Crippen molar-refractivity contribution < 1.29 is 4.42 Å². The molecule has 1 atom stereocenters. The van der Waals surface area contributed by atoms with Gasteiger partial charge in [-0.3, -0.25) is 0 Å². The van der Waals surface area contributed by atoms with E-state index < -0.39 is 0 Å². The zero-order valence-corrected chi connectivity index (χ0v) is 13.0. The Hall–Kier alpha value is -1.06. The van der Waals surface area contributed by atoms with Crippen LogP contribution in [0, 0.1) is 6.92 Å². The van der Waals surface area contributed by atoms with E-state index in [-0.39, 0.29) is 6.04 Å². The van der Waals surface area contributed by atoms with Crippen molar-refractivity contribution in [2.24, 2.45) is 0 Å². The molecule has 0 aliphatic heterocycles. The molecule has 1 N–H and O–H groups in total. The van der Waals surface area contributed by atoms with E-state index in [0.29, 0.717) is 0 Å². The average Bonchev–Trinajstić information content (AvgIpc) is 2.83. The molecule has 1 heterocycles. The number of nitrogens with one attached hydrogen (secondary N) is 1. The van der Waals surface area contributed by atoms with Crippen LogP contribution >= 0.6 is 15.9 Å². The summed E-state index contributed by atoms with van der Waals surface area (Å²) in [7, 11) is 0. The maximum Gasteiger partial charge on any atom is 0.123 e. The van der Waals surface area contributed by atoms with Crippen molar-refractivity contribution in [3.63, 3.8) is 0 Å². The van der Waals surface area contributed by atoms with Gasteiger partial charge >= 0.3 is 0 Å². The summed E-state index contributed by atoms with van der Waals surface area (Å²) in [5.41, 5.74) is 2.53. The summed E-state index contributed by atoms with van der Waals surface area (Å²) in [4.78, 5) is 0. The van der Waals surface area contributed by atoms with Crippen molar-refractivity contribution in [1.29, 1.82) is 0 Å². The van der Waals surface area contributed by atoms with Crippen LogP contribution in [-0.2, 0) is 6.42 Å². The molecule has 19 heavy (non-hydrogen) atoms. The average molecular weight is 322 g/mol. The SMILES string of the molecule is CCCNC(Cc1ccc(Br)cc1)c1occc1C. The van der Waals surface area contributed by atoms with Gasteiger partial charge in [0.2, 0.25) is 0 Å². The molecule has 0 amide bonds. The first-order chi connectivity index (χ1) is 9.20. The topological polar surface area (TPSA) is 25.2 Å². The standard InChI is InChI=1S/C16H20BrNO/c1-3-9-18-15(16-12(2)8-10-19-16)11-13-4-6-14(17)7-5-13/h4-8,10,15,18H,3,9,11H2,1-2H3. The van der Waals surface area contributed by atoms with E-state index >= 15 is 0 Å². The van der Waals surface area contributed by atoms with E-state index in [9.17, 15) is 0 Å². The number of benzene rings is 1. The van der Waals surface area contributed by atoms with Crippen LogP contribution in [0.25, 0.3) is 0 Å². The molecular weight excluding hydrogens is 302 g/mol. The molecule has 3 heteroatoms. The molecule has 0 radical (unpaired) electrons. The summed E-state index contributed by atoms with van der Waals surface area (Å²) < 4.78 is 6.76. The lowest BCUT2D eigenvalue weighted by Gasteiger charge is -2.17. The second-order valence-corrected chi connectivity index (χ2v) is 5.72. The Labute approximate surface area is 123 Å². The van der Waals surface area contributed by atoms with Crippen LogP contribution in [-0.4, -0.2) is 6.54 Å². The maximum absolute atomic E-state index is 5.65. The quantitative estimate of drug-likeness (QED) is 0.838. The number of aryl methyl sites for hydroxylation is 1. The van der Waals surface area contributed by atoms with Crippen LogP contribution in [0.4, 0.5) is 0 Å². The Morgan fingerprint density at radius 3 is 2.53 bits per heavy atom. The zero-order chi connectivity index (χ0) is 13.7. The van der Waals surface area contributed by atoms with Crippen LogP contribution in [0.2, 0.25) is 0 Å². The van der Waals surface area contributed by atoms with Gasteiger partial charge in [-0.1, -0.05) is 35.0 Å². The first-order valence-corrected chi connectivity index (χ1v) is 7.51.